The fourth-order valence-electron chi connectivity index (χ4n) is 1.74. The molecule has 0 radical (unpaired) electrons. The molecule has 0 aromatic heterocycles. The van der Waals surface area contributed by atoms with Crippen LogP contribution in [0.5, 0.6) is 0 Å². The number of rotatable bonds is 8. The quantitative estimate of drug-likeness (QED) is 0.543. The average molecular weight is 331 g/mol. The lowest BCUT2D eigenvalue weighted by atomic mass is 10.3. The summed E-state index contributed by atoms with van der Waals surface area (Å²) >= 11 is 1.37. The maximum atomic E-state index is 12.3. The van der Waals surface area contributed by atoms with Gasteiger partial charge in [0.2, 0.25) is 15.9 Å². The monoisotopic (exact) mass is 331 g/mol. The zero-order valence-corrected chi connectivity index (χ0v) is 13.8. The van der Waals surface area contributed by atoms with Crippen molar-refractivity contribution in [1.82, 2.24) is 4.31 Å². The van der Waals surface area contributed by atoms with Gasteiger partial charge in [0, 0.05) is 22.4 Å². The molecule has 0 aliphatic heterocycles. The van der Waals surface area contributed by atoms with Gasteiger partial charge in [0.25, 0.3) is 0 Å². The molecule has 0 fully saturated rings. The number of nitrogens with two attached hydrogens (primary N) is 2. The number of nitrogens with zero attached hydrogens (tertiary/aromatic N) is 1. The van der Waals surface area contributed by atoms with Crippen LogP contribution in [-0.4, -0.2) is 42.7 Å². The molecule has 0 unspecified atom stereocenters. The maximum Gasteiger partial charge on any atom is 0.232 e. The number of carbonyl (C=O) groups is 1. The number of thioether (sulfide) groups is 1. The summed E-state index contributed by atoms with van der Waals surface area (Å²) in [5, 5.41) is 0. The molecule has 0 aliphatic rings. The lowest BCUT2D eigenvalue weighted by Crippen LogP contribution is -2.44. The van der Waals surface area contributed by atoms with Crippen LogP contribution in [0.3, 0.4) is 0 Å². The van der Waals surface area contributed by atoms with E-state index in [2.05, 4.69) is 0 Å². The number of primary amides is 1. The van der Waals surface area contributed by atoms with Crippen LogP contribution in [0.4, 0.5) is 5.69 Å². The molecule has 0 atom stereocenters. The fraction of sp³-hybridized carbons (Fsp3) is 0.462. The number of hydrogen-bond donors (Lipinski definition) is 2. The lowest BCUT2D eigenvalue weighted by molar-refractivity contribution is -0.118. The molecule has 0 heterocycles. The third kappa shape index (κ3) is 5.56. The van der Waals surface area contributed by atoms with E-state index in [-0.39, 0.29) is 18.3 Å². The van der Waals surface area contributed by atoms with E-state index in [9.17, 15) is 13.2 Å². The van der Waals surface area contributed by atoms with E-state index in [4.69, 9.17) is 11.5 Å². The third-order valence-corrected chi connectivity index (χ3v) is 6.10. The molecule has 118 valence electrons. The van der Waals surface area contributed by atoms with E-state index in [1.165, 1.54) is 11.8 Å². The Morgan fingerprint density at radius 1 is 1.33 bits per heavy atom. The molecule has 0 saturated carbocycles. The largest absolute Gasteiger partial charge is 0.398 e. The normalized spacial score (nSPS) is 12.0. The van der Waals surface area contributed by atoms with Gasteiger partial charge in [0.1, 0.15) is 0 Å². The average Bonchev–Trinajstić information content (AvgIpc) is 2.37. The second-order valence-corrected chi connectivity index (χ2v) is 7.99. The summed E-state index contributed by atoms with van der Waals surface area (Å²) in [5.74, 6) is -0.372. The predicted octanol–water partition coefficient (Wildman–Crippen LogP) is 0.886. The van der Waals surface area contributed by atoms with Gasteiger partial charge >= 0.3 is 0 Å². The van der Waals surface area contributed by atoms with Gasteiger partial charge in [-0.25, -0.2) is 8.42 Å². The van der Waals surface area contributed by atoms with Gasteiger partial charge in [-0.05, 0) is 26.0 Å². The van der Waals surface area contributed by atoms with Gasteiger partial charge in [0.05, 0.1) is 12.3 Å². The molecule has 21 heavy (non-hydrogen) atoms. The first kappa shape index (κ1) is 17.8. The molecular weight excluding hydrogens is 310 g/mol. The molecule has 1 amide bonds. The van der Waals surface area contributed by atoms with E-state index in [1.54, 1.807) is 19.9 Å². The molecule has 0 spiro atoms. The first-order valence-corrected chi connectivity index (χ1v) is 9.08. The molecular formula is C13H21N3O3S2. The second kappa shape index (κ2) is 7.67. The Morgan fingerprint density at radius 3 is 2.48 bits per heavy atom. The molecule has 8 heteroatoms. The summed E-state index contributed by atoms with van der Waals surface area (Å²) < 4.78 is 25.6. The van der Waals surface area contributed by atoms with Crippen molar-refractivity contribution in [2.45, 2.75) is 24.8 Å². The third-order valence-electron chi connectivity index (χ3n) is 2.76. The van der Waals surface area contributed by atoms with Crippen LogP contribution in [-0.2, 0) is 14.8 Å². The van der Waals surface area contributed by atoms with E-state index in [0.29, 0.717) is 11.4 Å². The number of anilines is 1. The van der Waals surface area contributed by atoms with E-state index in [0.717, 1.165) is 9.20 Å². The van der Waals surface area contributed by atoms with Crippen molar-refractivity contribution in [3.63, 3.8) is 0 Å². The van der Waals surface area contributed by atoms with Crippen molar-refractivity contribution in [2.24, 2.45) is 5.73 Å². The molecule has 1 aromatic rings. The van der Waals surface area contributed by atoms with Crippen molar-refractivity contribution in [3.8, 4) is 0 Å². The van der Waals surface area contributed by atoms with Crippen molar-refractivity contribution in [1.29, 1.82) is 0 Å². The molecule has 0 saturated heterocycles. The number of nitrogen functional groups attached to an aromatic ring is 1. The highest BCUT2D eigenvalue weighted by Crippen LogP contribution is 2.24. The van der Waals surface area contributed by atoms with E-state index in [1.807, 2.05) is 18.2 Å². The SMILES string of the molecule is CC(C)N(CC(N)=O)S(=O)(=O)CCSc1ccccc1N. The Morgan fingerprint density at radius 2 is 1.95 bits per heavy atom. The van der Waals surface area contributed by atoms with Crippen LogP contribution >= 0.6 is 11.8 Å². The Bertz CT molecular complexity index is 588. The second-order valence-electron chi connectivity index (χ2n) is 4.81. The molecule has 6 nitrogen and oxygen atoms in total. The van der Waals surface area contributed by atoms with Crippen LogP contribution in [0, 0.1) is 0 Å². The highest BCUT2D eigenvalue weighted by molar-refractivity contribution is 8.00. The number of para-hydroxylation sites is 1. The smallest absolute Gasteiger partial charge is 0.232 e. The van der Waals surface area contributed by atoms with Crippen molar-refractivity contribution in [2.75, 3.05) is 23.8 Å². The van der Waals surface area contributed by atoms with Crippen molar-refractivity contribution in [3.05, 3.63) is 24.3 Å². The van der Waals surface area contributed by atoms with Crippen LogP contribution in [0.1, 0.15) is 13.8 Å². The maximum absolute atomic E-state index is 12.3. The van der Waals surface area contributed by atoms with Gasteiger partial charge < -0.3 is 11.5 Å². The summed E-state index contributed by atoms with van der Waals surface area (Å²) in [5.41, 5.74) is 11.5. The molecule has 0 aliphatic carbocycles. The minimum absolute atomic E-state index is 0.0720. The predicted molar refractivity (Wildman–Crippen MR) is 86.4 cm³/mol. The molecule has 1 rings (SSSR count). The molecule has 1 aromatic carbocycles. The lowest BCUT2D eigenvalue weighted by Gasteiger charge is -2.24. The fourth-order valence-corrected chi connectivity index (χ4v) is 4.75. The summed E-state index contributed by atoms with van der Waals surface area (Å²) in [4.78, 5) is 11.8. The first-order chi connectivity index (χ1) is 9.74. The van der Waals surface area contributed by atoms with E-state index >= 15 is 0 Å². The van der Waals surface area contributed by atoms with Crippen LogP contribution in [0.2, 0.25) is 0 Å². The van der Waals surface area contributed by atoms with E-state index < -0.39 is 15.9 Å². The van der Waals surface area contributed by atoms with Gasteiger partial charge in [-0.15, -0.1) is 11.8 Å². The number of benzene rings is 1. The van der Waals surface area contributed by atoms with Crippen LogP contribution in [0.15, 0.2) is 29.2 Å². The zero-order valence-electron chi connectivity index (χ0n) is 12.2. The topological polar surface area (TPSA) is 106 Å². The van der Waals surface area contributed by atoms with Crippen molar-refractivity contribution >= 4 is 33.4 Å². The van der Waals surface area contributed by atoms with Gasteiger partial charge in [-0.2, -0.15) is 4.31 Å². The summed E-state index contributed by atoms with van der Waals surface area (Å²) in [6.07, 6.45) is 0. The first-order valence-electron chi connectivity index (χ1n) is 6.49. The zero-order chi connectivity index (χ0) is 16.0. The van der Waals surface area contributed by atoms with Gasteiger partial charge in [-0.1, -0.05) is 12.1 Å². The number of sulfonamides is 1. The highest BCUT2D eigenvalue weighted by atomic mass is 32.2. The summed E-state index contributed by atoms with van der Waals surface area (Å²) in [7, 11) is -3.53. The summed E-state index contributed by atoms with van der Waals surface area (Å²) in [6, 6.07) is 6.97. The Balaban J connectivity index is 2.67. The minimum atomic E-state index is -3.53. The standard InChI is InChI=1S/C13H21N3O3S2/c1-10(2)16(9-13(15)17)21(18,19)8-7-20-12-6-4-3-5-11(12)14/h3-6,10H,7-9,14H2,1-2H3,(H2,15,17). The van der Waals surface area contributed by atoms with Crippen LogP contribution < -0.4 is 11.5 Å². The van der Waals surface area contributed by atoms with Gasteiger partial charge in [-0.3, -0.25) is 4.79 Å². The Hall–Kier alpha value is -1.25. The number of carbonyl (C=O) groups excluding carboxylic acids is 1. The number of hydrogen-bond acceptors (Lipinski definition) is 5. The van der Waals surface area contributed by atoms with Gasteiger partial charge in [0.15, 0.2) is 0 Å². The Kier molecular flexibility index (Phi) is 6.50. The van der Waals surface area contributed by atoms with Crippen LogP contribution in [0.25, 0.3) is 0 Å². The number of amides is 1. The Labute approximate surface area is 129 Å². The summed E-state index contributed by atoms with van der Waals surface area (Å²) in [6.45, 7) is 3.13. The van der Waals surface area contributed by atoms with Crippen molar-refractivity contribution < 1.29 is 13.2 Å². The molecule has 4 N–H and O–H groups in total. The molecule has 0 bridgehead atoms. The highest BCUT2D eigenvalue weighted by Gasteiger charge is 2.26. The minimum Gasteiger partial charge on any atom is -0.398 e.